The van der Waals surface area contributed by atoms with Crippen molar-refractivity contribution in [3.8, 4) is 0 Å². The summed E-state index contributed by atoms with van der Waals surface area (Å²) in [5.74, 6) is 0.483. The highest BCUT2D eigenvalue weighted by Crippen LogP contribution is 2.34. The summed E-state index contributed by atoms with van der Waals surface area (Å²) in [7, 11) is 2.08. The van der Waals surface area contributed by atoms with E-state index < -0.39 is 11.7 Å². The number of halogens is 4. The summed E-state index contributed by atoms with van der Waals surface area (Å²) in [6.07, 6.45) is -2.23. The van der Waals surface area contributed by atoms with E-state index in [2.05, 4.69) is 17.3 Å². The molecule has 112 valence electrons. The molecule has 1 aliphatic rings. The Kier molecular flexibility index (Phi) is 4.81. The average Bonchev–Trinajstić information content (AvgIpc) is 2.38. The van der Waals surface area contributed by atoms with Crippen LogP contribution >= 0.6 is 11.6 Å². The van der Waals surface area contributed by atoms with Crippen LogP contribution in [0.1, 0.15) is 18.4 Å². The highest BCUT2D eigenvalue weighted by Gasteiger charge is 2.31. The number of nitrogens with zero attached hydrogens (tertiary/aromatic N) is 1. The Morgan fingerprint density at radius 2 is 1.95 bits per heavy atom. The summed E-state index contributed by atoms with van der Waals surface area (Å²) in [5.41, 5.74) is -0.312. The van der Waals surface area contributed by atoms with E-state index >= 15 is 0 Å². The number of hydrogen-bond donors (Lipinski definition) is 1. The first-order chi connectivity index (χ1) is 9.36. The molecule has 20 heavy (non-hydrogen) atoms. The fraction of sp³-hybridized carbons (Fsp3) is 0.571. The van der Waals surface area contributed by atoms with E-state index in [1.165, 1.54) is 6.07 Å². The lowest BCUT2D eigenvalue weighted by molar-refractivity contribution is -0.137. The molecule has 0 spiro atoms. The Balaban J connectivity index is 1.98. The summed E-state index contributed by atoms with van der Waals surface area (Å²) in [6.45, 7) is 2.72. The maximum Gasteiger partial charge on any atom is 0.416 e. The highest BCUT2D eigenvalue weighted by molar-refractivity contribution is 6.33. The van der Waals surface area contributed by atoms with Crippen molar-refractivity contribution in [2.45, 2.75) is 19.0 Å². The molecule has 1 aliphatic heterocycles. The van der Waals surface area contributed by atoms with Crippen molar-refractivity contribution in [3.63, 3.8) is 0 Å². The summed E-state index contributed by atoms with van der Waals surface area (Å²) in [4.78, 5) is 2.26. The van der Waals surface area contributed by atoms with Crippen LogP contribution in [-0.4, -0.2) is 31.6 Å². The molecule has 0 aromatic heterocycles. The van der Waals surface area contributed by atoms with Gasteiger partial charge in [0.2, 0.25) is 0 Å². The van der Waals surface area contributed by atoms with Crippen LogP contribution in [0.3, 0.4) is 0 Å². The zero-order valence-corrected chi connectivity index (χ0v) is 12.1. The number of anilines is 1. The van der Waals surface area contributed by atoms with Crippen molar-refractivity contribution in [2.24, 2.45) is 5.92 Å². The molecule has 0 atom stereocenters. The first-order valence-corrected chi connectivity index (χ1v) is 7.03. The molecule has 0 aliphatic carbocycles. The maximum absolute atomic E-state index is 12.7. The van der Waals surface area contributed by atoms with Crippen molar-refractivity contribution >= 4 is 17.3 Å². The average molecular weight is 307 g/mol. The number of likely N-dealkylation sites (tertiary alicyclic amines) is 1. The summed E-state index contributed by atoms with van der Waals surface area (Å²) < 4.78 is 38.0. The van der Waals surface area contributed by atoms with Crippen LogP contribution < -0.4 is 5.32 Å². The Morgan fingerprint density at radius 1 is 1.30 bits per heavy atom. The van der Waals surface area contributed by atoms with Gasteiger partial charge in [-0.1, -0.05) is 11.6 Å². The number of rotatable bonds is 3. The zero-order chi connectivity index (χ0) is 14.8. The van der Waals surface area contributed by atoms with Gasteiger partial charge in [0.15, 0.2) is 0 Å². The molecule has 0 bridgehead atoms. The van der Waals surface area contributed by atoms with Crippen LogP contribution in [-0.2, 0) is 6.18 Å². The van der Waals surface area contributed by atoms with Gasteiger partial charge in [-0.15, -0.1) is 0 Å². The van der Waals surface area contributed by atoms with Gasteiger partial charge in [-0.25, -0.2) is 0 Å². The second kappa shape index (κ2) is 6.22. The fourth-order valence-corrected chi connectivity index (χ4v) is 2.54. The van der Waals surface area contributed by atoms with E-state index in [9.17, 15) is 13.2 Å². The lowest BCUT2D eigenvalue weighted by Crippen LogP contribution is -2.33. The Bertz CT molecular complexity index is 454. The minimum atomic E-state index is -4.34. The number of piperidine rings is 1. The predicted octanol–water partition coefficient (Wildman–Crippen LogP) is 4.11. The lowest BCUT2D eigenvalue weighted by atomic mass is 9.97. The van der Waals surface area contributed by atoms with Crippen molar-refractivity contribution in [3.05, 3.63) is 28.8 Å². The molecule has 0 radical (unpaired) electrons. The van der Waals surface area contributed by atoms with Crippen molar-refractivity contribution in [1.29, 1.82) is 0 Å². The van der Waals surface area contributed by atoms with Gasteiger partial charge in [0, 0.05) is 6.54 Å². The maximum atomic E-state index is 12.7. The smallest absolute Gasteiger partial charge is 0.384 e. The molecular weight excluding hydrogens is 289 g/mol. The van der Waals surface area contributed by atoms with Crippen LogP contribution in [0.2, 0.25) is 5.02 Å². The number of benzene rings is 1. The minimum Gasteiger partial charge on any atom is -0.384 e. The summed E-state index contributed by atoms with van der Waals surface area (Å²) in [6, 6.07) is 3.38. The molecule has 1 saturated heterocycles. The van der Waals surface area contributed by atoms with Crippen LogP contribution in [0, 0.1) is 5.92 Å². The van der Waals surface area contributed by atoms with Gasteiger partial charge in [0.25, 0.3) is 0 Å². The molecule has 6 heteroatoms. The monoisotopic (exact) mass is 306 g/mol. The van der Waals surface area contributed by atoms with E-state index in [0.717, 1.165) is 38.1 Å². The molecular formula is C14H18ClF3N2. The summed E-state index contributed by atoms with van der Waals surface area (Å²) in [5, 5.41) is 3.38. The molecule has 1 N–H and O–H groups in total. The second-order valence-corrected chi connectivity index (χ2v) is 5.73. The largest absolute Gasteiger partial charge is 0.416 e. The number of hydrogen-bond acceptors (Lipinski definition) is 2. The van der Waals surface area contributed by atoms with Crippen LogP contribution in [0.15, 0.2) is 18.2 Å². The third kappa shape index (κ3) is 4.03. The number of nitrogens with one attached hydrogen (secondary N) is 1. The SMILES string of the molecule is CN1CCC(CNc2cc(C(F)(F)F)ccc2Cl)CC1. The van der Waals surface area contributed by atoms with E-state index in [4.69, 9.17) is 11.6 Å². The van der Waals surface area contributed by atoms with Gasteiger partial charge >= 0.3 is 6.18 Å². The standard InChI is InChI=1S/C14H18ClF3N2/c1-20-6-4-10(5-7-20)9-19-13-8-11(14(16,17)18)2-3-12(13)15/h2-3,8,10,19H,4-7,9H2,1H3. The van der Waals surface area contributed by atoms with Crippen LogP contribution in [0.25, 0.3) is 0 Å². The molecule has 1 heterocycles. The van der Waals surface area contributed by atoms with Gasteiger partial charge in [0.05, 0.1) is 16.3 Å². The third-order valence-corrected chi connectivity index (χ3v) is 4.04. The first kappa shape index (κ1) is 15.4. The molecule has 2 rings (SSSR count). The van der Waals surface area contributed by atoms with Crippen molar-refractivity contribution in [1.82, 2.24) is 4.90 Å². The molecule has 2 nitrogen and oxygen atoms in total. The second-order valence-electron chi connectivity index (χ2n) is 5.32. The summed E-state index contributed by atoms with van der Waals surface area (Å²) >= 11 is 5.95. The molecule has 0 amide bonds. The first-order valence-electron chi connectivity index (χ1n) is 6.65. The van der Waals surface area contributed by atoms with Gasteiger partial charge in [-0.2, -0.15) is 13.2 Å². The Morgan fingerprint density at radius 3 is 2.55 bits per heavy atom. The van der Waals surface area contributed by atoms with Gasteiger partial charge in [-0.3, -0.25) is 0 Å². The quantitative estimate of drug-likeness (QED) is 0.904. The van der Waals surface area contributed by atoms with Crippen LogP contribution in [0.4, 0.5) is 18.9 Å². The van der Waals surface area contributed by atoms with Crippen molar-refractivity contribution in [2.75, 3.05) is 32.0 Å². The predicted molar refractivity (Wildman–Crippen MR) is 75.2 cm³/mol. The Labute approximate surface area is 121 Å². The molecule has 0 unspecified atom stereocenters. The fourth-order valence-electron chi connectivity index (χ4n) is 2.36. The normalized spacial score (nSPS) is 18.2. The van der Waals surface area contributed by atoms with Crippen molar-refractivity contribution < 1.29 is 13.2 Å². The topological polar surface area (TPSA) is 15.3 Å². The molecule has 1 aromatic carbocycles. The van der Waals surface area contributed by atoms with Gasteiger partial charge < -0.3 is 10.2 Å². The number of alkyl halides is 3. The minimum absolute atomic E-state index is 0.325. The van der Waals surface area contributed by atoms with E-state index in [0.29, 0.717) is 23.2 Å². The van der Waals surface area contributed by atoms with E-state index in [-0.39, 0.29) is 0 Å². The third-order valence-electron chi connectivity index (χ3n) is 3.71. The van der Waals surface area contributed by atoms with Crippen LogP contribution in [0.5, 0.6) is 0 Å². The van der Waals surface area contributed by atoms with E-state index in [1.807, 2.05) is 0 Å². The van der Waals surface area contributed by atoms with Gasteiger partial charge in [0.1, 0.15) is 0 Å². The zero-order valence-electron chi connectivity index (χ0n) is 11.3. The highest BCUT2D eigenvalue weighted by atomic mass is 35.5. The molecule has 0 saturated carbocycles. The molecule has 1 fully saturated rings. The lowest BCUT2D eigenvalue weighted by Gasteiger charge is -2.29. The molecule has 1 aromatic rings. The van der Waals surface area contributed by atoms with Gasteiger partial charge in [-0.05, 0) is 57.1 Å². The Hall–Kier alpha value is -0.940. The van der Waals surface area contributed by atoms with E-state index in [1.54, 1.807) is 0 Å².